The molecule has 2 unspecified atom stereocenters. The van der Waals surface area contributed by atoms with Crippen LogP contribution < -0.4 is 9.47 Å². The van der Waals surface area contributed by atoms with Crippen molar-refractivity contribution < 1.29 is 49.3 Å². The van der Waals surface area contributed by atoms with Crippen molar-refractivity contribution in [3.63, 3.8) is 0 Å². The number of benzene rings is 2. The Morgan fingerprint density at radius 1 is 1.00 bits per heavy atom. The normalized spacial score (nSPS) is 30.2. The van der Waals surface area contributed by atoms with Crippen molar-refractivity contribution in [1.29, 1.82) is 0 Å². The minimum Gasteiger partial charge on any atom is -0.508 e. The van der Waals surface area contributed by atoms with E-state index in [0.29, 0.717) is 11.1 Å². The molecule has 0 spiro atoms. The Morgan fingerprint density at radius 3 is 2.39 bits per heavy atom. The Bertz CT molecular complexity index is 988. The minimum atomic E-state index is -1.83. The van der Waals surface area contributed by atoms with Crippen LogP contribution in [0.25, 0.3) is 0 Å². The van der Waals surface area contributed by atoms with Gasteiger partial charge in [-0.05, 0) is 29.8 Å². The lowest BCUT2D eigenvalue weighted by atomic mass is 9.89. The molecule has 1 saturated heterocycles. The van der Waals surface area contributed by atoms with Gasteiger partial charge in [0.25, 0.3) is 0 Å². The highest BCUT2D eigenvalue weighted by Gasteiger charge is 2.48. The second kappa shape index (κ2) is 8.16. The molecule has 0 aliphatic carbocycles. The van der Waals surface area contributed by atoms with Crippen molar-refractivity contribution in [1.82, 2.24) is 0 Å². The Hall–Kier alpha value is -3.18. The highest BCUT2D eigenvalue weighted by Crippen LogP contribution is 2.36. The van der Waals surface area contributed by atoms with Crippen LogP contribution in [0.1, 0.15) is 21.8 Å². The van der Waals surface area contributed by atoms with Crippen molar-refractivity contribution in [3.05, 3.63) is 53.6 Å². The maximum Gasteiger partial charge on any atom is 0.335 e. The predicted molar refractivity (Wildman–Crippen MR) is 102 cm³/mol. The van der Waals surface area contributed by atoms with E-state index in [1.165, 1.54) is 30.3 Å². The first-order valence-electron chi connectivity index (χ1n) is 9.45. The van der Waals surface area contributed by atoms with Gasteiger partial charge in [-0.2, -0.15) is 0 Å². The first-order chi connectivity index (χ1) is 14.8. The van der Waals surface area contributed by atoms with Crippen molar-refractivity contribution in [2.75, 3.05) is 6.61 Å². The molecule has 6 atom stereocenters. The molecule has 2 aliphatic rings. The van der Waals surface area contributed by atoms with Crippen molar-refractivity contribution in [2.24, 2.45) is 0 Å². The molecular formula is C21H20O10. The SMILES string of the molecule is O=C1c2ccc(OC3O[C@H](C(=O)O)[C@@H](O)[C@H](O)[C@H]3O)cc2OCC1c1ccc(O)cc1. The molecular weight excluding hydrogens is 412 g/mol. The molecule has 10 heteroatoms. The number of carboxylic acid groups (broad SMARTS) is 1. The van der Waals surface area contributed by atoms with E-state index in [1.807, 2.05) is 0 Å². The molecule has 0 aromatic heterocycles. The zero-order chi connectivity index (χ0) is 22.3. The van der Waals surface area contributed by atoms with Gasteiger partial charge in [-0.1, -0.05) is 12.1 Å². The quantitative estimate of drug-likeness (QED) is 0.445. The highest BCUT2D eigenvalue weighted by molar-refractivity contribution is 6.04. The van der Waals surface area contributed by atoms with E-state index in [0.717, 1.165) is 0 Å². The number of phenolic OH excluding ortho intramolecular Hbond substituents is 1. The molecule has 0 amide bonds. The van der Waals surface area contributed by atoms with E-state index in [2.05, 4.69) is 0 Å². The van der Waals surface area contributed by atoms with Crippen LogP contribution in [0.3, 0.4) is 0 Å². The number of phenols is 1. The number of rotatable bonds is 4. The summed E-state index contributed by atoms with van der Waals surface area (Å²) in [5.41, 5.74) is 1.00. The number of hydrogen-bond donors (Lipinski definition) is 5. The second-order valence-corrected chi connectivity index (χ2v) is 7.33. The number of aromatic hydroxyl groups is 1. The van der Waals surface area contributed by atoms with Gasteiger partial charge < -0.3 is 39.7 Å². The molecule has 0 radical (unpaired) electrons. The number of hydrogen-bond acceptors (Lipinski definition) is 9. The summed E-state index contributed by atoms with van der Waals surface area (Å²) in [7, 11) is 0. The summed E-state index contributed by atoms with van der Waals surface area (Å²) in [6.45, 7) is 0.0641. The van der Waals surface area contributed by atoms with Gasteiger partial charge in [-0.25, -0.2) is 4.79 Å². The van der Waals surface area contributed by atoms with Gasteiger partial charge in [-0.15, -0.1) is 0 Å². The molecule has 5 N–H and O–H groups in total. The Labute approximate surface area is 175 Å². The number of ketones is 1. The zero-order valence-electron chi connectivity index (χ0n) is 16.0. The fraction of sp³-hybridized carbons (Fsp3) is 0.333. The number of ether oxygens (including phenoxy) is 3. The van der Waals surface area contributed by atoms with Gasteiger partial charge in [-0.3, -0.25) is 4.79 Å². The maximum atomic E-state index is 12.9. The molecule has 10 nitrogen and oxygen atoms in total. The smallest absolute Gasteiger partial charge is 0.335 e. The van der Waals surface area contributed by atoms with Gasteiger partial charge in [0.2, 0.25) is 6.29 Å². The monoisotopic (exact) mass is 432 g/mol. The van der Waals surface area contributed by atoms with Crippen LogP contribution in [0.5, 0.6) is 17.2 Å². The average molecular weight is 432 g/mol. The fourth-order valence-electron chi connectivity index (χ4n) is 3.57. The Morgan fingerprint density at radius 2 is 1.71 bits per heavy atom. The molecule has 0 bridgehead atoms. The van der Waals surface area contributed by atoms with Gasteiger partial charge >= 0.3 is 5.97 Å². The molecule has 164 valence electrons. The number of aliphatic hydroxyl groups excluding tert-OH is 3. The summed E-state index contributed by atoms with van der Waals surface area (Å²) in [6, 6.07) is 10.5. The maximum absolute atomic E-state index is 12.9. The van der Waals surface area contributed by atoms with Crippen LogP contribution in [0.15, 0.2) is 42.5 Å². The average Bonchev–Trinajstić information content (AvgIpc) is 2.75. The van der Waals surface area contributed by atoms with E-state index in [-0.39, 0.29) is 29.6 Å². The third-order valence-corrected chi connectivity index (χ3v) is 5.30. The summed E-state index contributed by atoms with van der Waals surface area (Å²) >= 11 is 0. The highest BCUT2D eigenvalue weighted by atomic mass is 16.7. The minimum absolute atomic E-state index is 0.0641. The molecule has 4 rings (SSSR count). The van der Waals surface area contributed by atoms with Gasteiger partial charge in [0.05, 0.1) is 11.5 Å². The van der Waals surface area contributed by atoms with Crippen LogP contribution in [0, 0.1) is 0 Å². The topological polar surface area (TPSA) is 163 Å². The van der Waals surface area contributed by atoms with E-state index < -0.39 is 42.6 Å². The lowest BCUT2D eigenvalue weighted by Crippen LogP contribution is -2.61. The van der Waals surface area contributed by atoms with Gasteiger partial charge in [0, 0.05) is 6.07 Å². The molecule has 31 heavy (non-hydrogen) atoms. The first kappa shape index (κ1) is 21.1. The van der Waals surface area contributed by atoms with Crippen LogP contribution in [0.4, 0.5) is 0 Å². The van der Waals surface area contributed by atoms with Crippen molar-refractivity contribution in [3.8, 4) is 17.2 Å². The van der Waals surface area contributed by atoms with Crippen LogP contribution in [-0.4, -0.2) is 74.6 Å². The molecule has 2 aromatic rings. The summed E-state index contributed by atoms with van der Waals surface area (Å²) in [5.74, 6) is -1.82. The molecule has 0 saturated carbocycles. The number of carbonyl (C=O) groups is 2. The summed E-state index contributed by atoms with van der Waals surface area (Å²) in [6.07, 6.45) is -8.68. The largest absolute Gasteiger partial charge is 0.508 e. The fourth-order valence-corrected chi connectivity index (χ4v) is 3.57. The van der Waals surface area contributed by atoms with E-state index in [4.69, 9.17) is 19.3 Å². The summed E-state index contributed by atoms with van der Waals surface area (Å²) < 4.78 is 16.2. The number of aliphatic carboxylic acids is 1. The second-order valence-electron chi connectivity index (χ2n) is 7.33. The van der Waals surface area contributed by atoms with Crippen molar-refractivity contribution >= 4 is 11.8 Å². The lowest BCUT2D eigenvalue weighted by molar-refractivity contribution is -0.271. The predicted octanol–water partition coefficient (Wildman–Crippen LogP) is 0.0221. The zero-order valence-corrected chi connectivity index (χ0v) is 16.0. The van der Waals surface area contributed by atoms with Crippen molar-refractivity contribution in [2.45, 2.75) is 36.6 Å². The lowest BCUT2D eigenvalue weighted by Gasteiger charge is -2.38. The third kappa shape index (κ3) is 3.93. The van der Waals surface area contributed by atoms with Crippen LogP contribution in [0.2, 0.25) is 0 Å². The number of carboxylic acids is 1. The summed E-state index contributed by atoms with van der Waals surface area (Å²) in [4.78, 5) is 24.1. The van der Waals surface area contributed by atoms with Gasteiger partial charge in [0.15, 0.2) is 11.9 Å². The number of aliphatic hydroxyl groups is 3. The number of carbonyl (C=O) groups excluding carboxylic acids is 1. The van der Waals surface area contributed by atoms with Gasteiger partial charge in [0.1, 0.15) is 42.2 Å². The molecule has 2 aliphatic heterocycles. The van der Waals surface area contributed by atoms with Crippen LogP contribution >= 0.6 is 0 Å². The van der Waals surface area contributed by atoms with E-state index in [9.17, 15) is 30.0 Å². The third-order valence-electron chi connectivity index (χ3n) is 5.30. The molecule has 2 heterocycles. The molecule has 1 fully saturated rings. The summed E-state index contributed by atoms with van der Waals surface area (Å²) in [5, 5.41) is 48.2. The van der Waals surface area contributed by atoms with Crippen LogP contribution in [-0.2, 0) is 9.53 Å². The molecule has 2 aromatic carbocycles. The Balaban J connectivity index is 1.52. The van der Waals surface area contributed by atoms with E-state index >= 15 is 0 Å². The number of fused-ring (bicyclic) bond motifs is 1. The first-order valence-corrected chi connectivity index (χ1v) is 9.45. The number of Topliss-reactive ketones (excluding diaryl/α,β-unsaturated/α-hetero) is 1. The van der Waals surface area contributed by atoms with E-state index in [1.54, 1.807) is 12.1 Å². The standard InChI is InChI=1S/C21H20O10/c22-10-3-1-9(2-4-10)13-8-29-14-7-11(5-6-12(14)15(13)23)30-21-18(26)16(24)17(25)19(31-21)20(27)28/h1-7,13,16-19,21-22,24-26H,8H2,(H,27,28)/t13?,16-,17-,18+,19-,21?/m0/s1. The Kier molecular flexibility index (Phi) is 5.54.